The summed E-state index contributed by atoms with van der Waals surface area (Å²) in [5.74, 6) is 0. The zero-order valence-corrected chi connectivity index (χ0v) is 6.67. The number of rotatable bonds is 0. The van der Waals surface area contributed by atoms with Gasteiger partial charge in [0.15, 0.2) is 0 Å². The van der Waals surface area contributed by atoms with Crippen molar-refractivity contribution in [2.75, 3.05) is 0 Å². The molecule has 0 unspecified atom stereocenters. The highest BCUT2D eigenvalue weighted by Crippen LogP contribution is 1.94. The van der Waals surface area contributed by atoms with Crippen LogP contribution in [-0.4, -0.2) is 4.98 Å². The number of fused-ring (bicyclic) bond motifs is 1. The molecule has 0 saturated heterocycles. The van der Waals surface area contributed by atoms with Crippen molar-refractivity contribution in [1.29, 1.82) is 0 Å². The highest BCUT2D eigenvalue weighted by Gasteiger charge is 1.93. The van der Waals surface area contributed by atoms with Crippen LogP contribution >= 0.6 is 0 Å². The molecule has 1 heteroatoms. The van der Waals surface area contributed by atoms with Gasteiger partial charge in [0.1, 0.15) is 0 Å². The van der Waals surface area contributed by atoms with Crippen LogP contribution in [0.4, 0.5) is 0 Å². The van der Waals surface area contributed by atoms with Crippen molar-refractivity contribution in [1.82, 2.24) is 4.98 Å². The molecule has 0 bridgehead atoms. The first-order valence-corrected chi connectivity index (χ1v) is 3.99. The van der Waals surface area contributed by atoms with Gasteiger partial charge in [-0.2, -0.15) is 0 Å². The molecular formula is C10H11N. The molecule has 1 aliphatic rings. The number of hydrogen-bond acceptors (Lipinski definition) is 1. The molecule has 0 aliphatic heterocycles. The minimum Gasteiger partial charge on any atom is -0.256 e. The van der Waals surface area contributed by atoms with E-state index in [4.69, 9.17) is 0 Å². The second-order valence-corrected chi connectivity index (χ2v) is 2.97. The Bertz CT molecular complexity index is 376. The second-order valence-electron chi connectivity index (χ2n) is 2.97. The summed E-state index contributed by atoms with van der Waals surface area (Å²) in [7, 11) is 0. The van der Waals surface area contributed by atoms with Crippen LogP contribution in [0.2, 0.25) is 0 Å². The van der Waals surface area contributed by atoms with E-state index in [0.717, 1.165) is 18.2 Å². The largest absolute Gasteiger partial charge is 0.256 e. The van der Waals surface area contributed by atoms with Gasteiger partial charge >= 0.3 is 0 Å². The normalized spacial score (nSPS) is 14.6. The fourth-order valence-electron chi connectivity index (χ4n) is 1.40. The van der Waals surface area contributed by atoms with Gasteiger partial charge in [-0.05, 0) is 36.6 Å². The van der Waals surface area contributed by atoms with Gasteiger partial charge in [-0.3, -0.25) is 4.98 Å². The first-order chi connectivity index (χ1) is 5.36. The molecule has 0 radical (unpaired) electrons. The van der Waals surface area contributed by atoms with Gasteiger partial charge in [-0.1, -0.05) is 12.2 Å². The molecule has 0 amide bonds. The van der Waals surface area contributed by atoms with Crippen molar-refractivity contribution >= 4 is 12.2 Å². The third kappa shape index (κ3) is 1.18. The Morgan fingerprint density at radius 3 is 3.00 bits per heavy atom. The van der Waals surface area contributed by atoms with Gasteiger partial charge in [-0.25, -0.2) is 0 Å². The standard InChI is InChI=1S/C10H11N/c1-8-6-9-4-2-3-5-10(9)11-7-8/h4-7H,2-3H2,1H3. The molecule has 1 aromatic rings. The van der Waals surface area contributed by atoms with Crippen LogP contribution in [0, 0.1) is 6.92 Å². The first kappa shape index (κ1) is 6.59. The Kier molecular flexibility index (Phi) is 1.50. The summed E-state index contributed by atoms with van der Waals surface area (Å²) < 4.78 is 0. The van der Waals surface area contributed by atoms with Crippen LogP contribution < -0.4 is 10.6 Å². The average Bonchev–Trinajstić information content (AvgIpc) is 2.04. The Balaban J connectivity index is 2.80. The highest BCUT2D eigenvalue weighted by molar-refractivity contribution is 5.36. The molecule has 56 valence electrons. The van der Waals surface area contributed by atoms with E-state index in [1.54, 1.807) is 0 Å². The number of nitrogens with zero attached hydrogens (tertiary/aromatic N) is 1. The summed E-state index contributed by atoms with van der Waals surface area (Å²) in [6.07, 6.45) is 8.69. The van der Waals surface area contributed by atoms with E-state index >= 15 is 0 Å². The lowest BCUT2D eigenvalue weighted by Crippen LogP contribution is -2.29. The van der Waals surface area contributed by atoms with E-state index < -0.39 is 0 Å². The molecule has 2 rings (SSSR count). The third-order valence-corrected chi connectivity index (χ3v) is 1.95. The van der Waals surface area contributed by atoms with Crippen molar-refractivity contribution < 1.29 is 0 Å². The Morgan fingerprint density at radius 2 is 2.09 bits per heavy atom. The summed E-state index contributed by atoms with van der Waals surface area (Å²) in [6.45, 7) is 2.08. The minimum absolute atomic E-state index is 1.14. The predicted molar refractivity (Wildman–Crippen MR) is 46.4 cm³/mol. The molecule has 1 aliphatic carbocycles. The first-order valence-electron chi connectivity index (χ1n) is 3.99. The molecule has 0 aromatic carbocycles. The Labute approximate surface area is 66.1 Å². The van der Waals surface area contributed by atoms with Gasteiger partial charge in [0.05, 0.1) is 5.35 Å². The van der Waals surface area contributed by atoms with E-state index in [9.17, 15) is 0 Å². The summed E-state index contributed by atoms with van der Waals surface area (Å²) in [5.41, 5.74) is 1.25. The number of aryl methyl sites for hydroxylation is 1. The van der Waals surface area contributed by atoms with Crippen LogP contribution in [0.3, 0.4) is 0 Å². The Hall–Kier alpha value is -1.11. The van der Waals surface area contributed by atoms with Crippen LogP contribution in [0.25, 0.3) is 12.2 Å². The lowest BCUT2D eigenvalue weighted by atomic mass is 10.1. The molecule has 0 saturated carbocycles. The SMILES string of the molecule is Cc1cnc2c(c1)=CCCC=2. The van der Waals surface area contributed by atoms with Crippen LogP contribution in [0.1, 0.15) is 18.4 Å². The summed E-state index contributed by atoms with van der Waals surface area (Å²) in [4.78, 5) is 4.33. The average molecular weight is 145 g/mol. The zero-order chi connectivity index (χ0) is 7.68. The van der Waals surface area contributed by atoms with Crippen molar-refractivity contribution in [2.24, 2.45) is 0 Å². The highest BCUT2D eigenvalue weighted by atomic mass is 14.6. The maximum Gasteiger partial charge on any atom is 0.0659 e. The van der Waals surface area contributed by atoms with Gasteiger partial charge in [0, 0.05) is 6.20 Å². The predicted octanol–water partition coefficient (Wildman–Crippen LogP) is 0.745. The van der Waals surface area contributed by atoms with E-state index in [-0.39, 0.29) is 0 Å². The number of pyridine rings is 1. The van der Waals surface area contributed by atoms with Crippen LogP contribution in [-0.2, 0) is 0 Å². The minimum atomic E-state index is 1.14. The maximum atomic E-state index is 4.33. The van der Waals surface area contributed by atoms with Gasteiger partial charge < -0.3 is 0 Å². The van der Waals surface area contributed by atoms with Crippen molar-refractivity contribution in [3.8, 4) is 0 Å². The summed E-state index contributed by atoms with van der Waals surface area (Å²) >= 11 is 0. The second kappa shape index (κ2) is 2.50. The molecule has 1 heterocycles. The molecule has 0 fully saturated rings. The maximum absolute atomic E-state index is 4.33. The lowest BCUT2D eigenvalue weighted by molar-refractivity contribution is 1.07. The monoisotopic (exact) mass is 145 g/mol. The number of hydrogen-bond donors (Lipinski definition) is 0. The van der Waals surface area contributed by atoms with Gasteiger partial charge in [0.2, 0.25) is 0 Å². The van der Waals surface area contributed by atoms with Crippen molar-refractivity contribution in [3.63, 3.8) is 0 Å². The van der Waals surface area contributed by atoms with E-state index in [2.05, 4.69) is 30.1 Å². The van der Waals surface area contributed by atoms with E-state index in [0.29, 0.717) is 0 Å². The van der Waals surface area contributed by atoms with Gasteiger partial charge in [0.25, 0.3) is 0 Å². The zero-order valence-electron chi connectivity index (χ0n) is 6.67. The molecule has 1 aromatic heterocycles. The fourth-order valence-corrected chi connectivity index (χ4v) is 1.40. The quantitative estimate of drug-likeness (QED) is 0.525. The fraction of sp³-hybridized carbons (Fsp3) is 0.300. The number of aromatic nitrogens is 1. The van der Waals surface area contributed by atoms with Crippen LogP contribution in [0.5, 0.6) is 0 Å². The third-order valence-electron chi connectivity index (χ3n) is 1.95. The molecule has 0 N–H and O–H groups in total. The Morgan fingerprint density at radius 1 is 1.27 bits per heavy atom. The van der Waals surface area contributed by atoms with E-state index in [1.165, 1.54) is 10.8 Å². The summed E-state index contributed by atoms with van der Waals surface area (Å²) in [6, 6.07) is 2.19. The molecule has 0 atom stereocenters. The smallest absolute Gasteiger partial charge is 0.0659 e. The summed E-state index contributed by atoms with van der Waals surface area (Å²) in [5, 5.41) is 2.46. The van der Waals surface area contributed by atoms with Crippen LogP contribution in [0.15, 0.2) is 12.3 Å². The van der Waals surface area contributed by atoms with Crippen molar-refractivity contribution in [2.45, 2.75) is 19.8 Å². The molecule has 1 nitrogen and oxygen atoms in total. The van der Waals surface area contributed by atoms with Gasteiger partial charge in [-0.15, -0.1) is 0 Å². The molecule has 11 heavy (non-hydrogen) atoms. The molecular weight excluding hydrogens is 134 g/mol. The van der Waals surface area contributed by atoms with Crippen molar-refractivity contribution in [3.05, 3.63) is 28.4 Å². The topological polar surface area (TPSA) is 12.9 Å². The van der Waals surface area contributed by atoms with E-state index in [1.807, 2.05) is 6.20 Å². The molecule has 0 spiro atoms. The lowest BCUT2D eigenvalue weighted by Gasteiger charge is -1.98.